The van der Waals surface area contributed by atoms with Crippen molar-refractivity contribution in [3.05, 3.63) is 59.7 Å². The number of methoxy groups -OCH3 is 1. The molecule has 0 radical (unpaired) electrons. The van der Waals surface area contributed by atoms with Crippen molar-refractivity contribution in [2.45, 2.75) is 25.3 Å². The van der Waals surface area contributed by atoms with Crippen molar-refractivity contribution in [1.29, 1.82) is 0 Å². The number of benzene rings is 1. The van der Waals surface area contributed by atoms with E-state index in [0.29, 0.717) is 29.4 Å². The SMILES string of the molecule is COC(=O)c1ccc(CNc2ncnc3c2oc2ccccc23)nc1C1CC1. The average Bonchev–Trinajstić information content (AvgIpc) is 3.52. The lowest BCUT2D eigenvalue weighted by Crippen LogP contribution is -2.10. The number of anilines is 1. The molecule has 1 aliphatic rings. The number of pyridine rings is 1. The van der Waals surface area contributed by atoms with Gasteiger partial charge >= 0.3 is 5.97 Å². The Balaban J connectivity index is 1.45. The highest BCUT2D eigenvalue weighted by molar-refractivity contribution is 6.05. The Morgan fingerprint density at radius 3 is 2.89 bits per heavy atom. The Labute approximate surface area is 160 Å². The molecule has 1 N–H and O–H groups in total. The highest BCUT2D eigenvalue weighted by Gasteiger charge is 2.30. The van der Waals surface area contributed by atoms with Crippen LogP contribution in [0.4, 0.5) is 5.82 Å². The lowest BCUT2D eigenvalue weighted by molar-refractivity contribution is 0.0598. The number of aromatic nitrogens is 3. The van der Waals surface area contributed by atoms with Crippen LogP contribution in [0, 0.1) is 0 Å². The molecule has 5 rings (SSSR count). The first kappa shape index (κ1) is 16.7. The first-order valence-corrected chi connectivity index (χ1v) is 9.19. The van der Waals surface area contributed by atoms with Gasteiger partial charge in [0.1, 0.15) is 17.4 Å². The summed E-state index contributed by atoms with van der Waals surface area (Å²) in [6.07, 6.45) is 3.63. The van der Waals surface area contributed by atoms with E-state index in [9.17, 15) is 4.79 Å². The summed E-state index contributed by atoms with van der Waals surface area (Å²) in [4.78, 5) is 25.4. The quantitative estimate of drug-likeness (QED) is 0.527. The van der Waals surface area contributed by atoms with Gasteiger partial charge in [0.15, 0.2) is 11.4 Å². The van der Waals surface area contributed by atoms with Crippen LogP contribution < -0.4 is 5.32 Å². The van der Waals surface area contributed by atoms with Gasteiger partial charge in [0.25, 0.3) is 0 Å². The predicted octanol–water partition coefficient (Wildman–Crippen LogP) is 4.05. The van der Waals surface area contributed by atoms with Crippen LogP contribution >= 0.6 is 0 Å². The summed E-state index contributed by atoms with van der Waals surface area (Å²) < 4.78 is 10.8. The molecule has 7 heteroatoms. The van der Waals surface area contributed by atoms with E-state index in [0.717, 1.165) is 40.7 Å². The number of fused-ring (bicyclic) bond motifs is 3. The maximum atomic E-state index is 12.0. The molecule has 28 heavy (non-hydrogen) atoms. The molecule has 0 aliphatic heterocycles. The van der Waals surface area contributed by atoms with E-state index in [4.69, 9.17) is 14.1 Å². The van der Waals surface area contributed by atoms with Crippen molar-refractivity contribution in [1.82, 2.24) is 15.0 Å². The van der Waals surface area contributed by atoms with Crippen LogP contribution in [0.2, 0.25) is 0 Å². The second-order valence-electron chi connectivity index (χ2n) is 6.85. The van der Waals surface area contributed by atoms with Gasteiger partial charge in [0, 0.05) is 11.3 Å². The minimum Gasteiger partial charge on any atom is -0.465 e. The maximum absolute atomic E-state index is 12.0. The van der Waals surface area contributed by atoms with E-state index in [1.165, 1.54) is 13.4 Å². The van der Waals surface area contributed by atoms with E-state index >= 15 is 0 Å². The molecular formula is C21H18N4O3. The molecular weight excluding hydrogens is 356 g/mol. The molecule has 3 heterocycles. The Kier molecular flexibility index (Phi) is 3.93. The van der Waals surface area contributed by atoms with Gasteiger partial charge in [-0.1, -0.05) is 12.1 Å². The minimum absolute atomic E-state index is 0.339. The van der Waals surface area contributed by atoms with Crippen molar-refractivity contribution < 1.29 is 13.9 Å². The molecule has 0 atom stereocenters. The normalized spacial score (nSPS) is 13.8. The highest BCUT2D eigenvalue weighted by Crippen LogP contribution is 2.41. The van der Waals surface area contributed by atoms with Crippen LogP contribution in [-0.2, 0) is 11.3 Å². The largest absolute Gasteiger partial charge is 0.465 e. The van der Waals surface area contributed by atoms with Crippen molar-refractivity contribution in [3.8, 4) is 0 Å². The fourth-order valence-electron chi connectivity index (χ4n) is 3.39. The molecule has 0 unspecified atom stereocenters. The van der Waals surface area contributed by atoms with E-state index < -0.39 is 0 Å². The van der Waals surface area contributed by atoms with Gasteiger partial charge in [-0.3, -0.25) is 4.98 Å². The number of para-hydroxylation sites is 1. The first-order chi connectivity index (χ1) is 13.7. The zero-order valence-electron chi connectivity index (χ0n) is 15.3. The summed E-state index contributed by atoms with van der Waals surface area (Å²) in [5.74, 6) is 0.622. The van der Waals surface area contributed by atoms with Crippen molar-refractivity contribution in [2.24, 2.45) is 0 Å². The molecule has 1 saturated carbocycles. The van der Waals surface area contributed by atoms with Crippen molar-refractivity contribution in [3.63, 3.8) is 0 Å². The van der Waals surface area contributed by atoms with Crippen molar-refractivity contribution in [2.75, 3.05) is 12.4 Å². The number of esters is 1. The zero-order chi connectivity index (χ0) is 19.1. The number of furan rings is 1. The summed E-state index contributed by atoms with van der Waals surface area (Å²) >= 11 is 0. The summed E-state index contributed by atoms with van der Waals surface area (Å²) in [5, 5.41) is 4.25. The fourth-order valence-corrected chi connectivity index (χ4v) is 3.39. The third-order valence-electron chi connectivity index (χ3n) is 4.95. The van der Waals surface area contributed by atoms with Gasteiger partial charge in [-0.15, -0.1) is 0 Å². The smallest absolute Gasteiger partial charge is 0.339 e. The van der Waals surface area contributed by atoms with E-state index in [1.54, 1.807) is 6.07 Å². The van der Waals surface area contributed by atoms with Gasteiger partial charge in [0.05, 0.1) is 30.6 Å². The molecule has 7 nitrogen and oxygen atoms in total. The minimum atomic E-state index is -0.339. The Hall–Kier alpha value is -3.48. The monoisotopic (exact) mass is 374 g/mol. The summed E-state index contributed by atoms with van der Waals surface area (Å²) in [7, 11) is 1.39. The number of carbonyl (C=O) groups is 1. The van der Waals surface area contributed by atoms with Gasteiger partial charge in [-0.25, -0.2) is 14.8 Å². The number of hydrogen-bond donors (Lipinski definition) is 1. The summed E-state index contributed by atoms with van der Waals surface area (Å²) in [5.41, 5.74) is 4.38. The average molecular weight is 374 g/mol. The summed E-state index contributed by atoms with van der Waals surface area (Å²) in [6, 6.07) is 11.4. The Morgan fingerprint density at radius 1 is 1.21 bits per heavy atom. The second kappa shape index (κ2) is 6.60. The van der Waals surface area contributed by atoms with Crippen LogP contribution in [0.1, 0.15) is 40.5 Å². The lowest BCUT2D eigenvalue weighted by Gasteiger charge is -2.10. The molecule has 0 bridgehead atoms. The molecule has 0 saturated heterocycles. The van der Waals surface area contributed by atoms with Crippen LogP contribution in [0.15, 0.2) is 47.1 Å². The Bertz CT molecular complexity index is 1200. The van der Waals surface area contributed by atoms with Crippen molar-refractivity contribution >= 4 is 33.9 Å². The Morgan fingerprint density at radius 2 is 2.07 bits per heavy atom. The topological polar surface area (TPSA) is 90.1 Å². The number of nitrogens with zero attached hydrogens (tertiary/aromatic N) is 3. The number of nitrogens with one attached hydrogen (secondary N) is 1. The first-order valence-electron chi connectivity index (χ1n) is 9.19. The molecule has 1 fully saturated rings. The van der Waals surface area contributed by atoms with Crippen LogP contribution in [0.5, 0.6) is 0 Å². The van der Waals surface area contributed by atoms with Gasteiger partial charge in [-0.2, -0.15) is 0 Å². The van der Waals surface area contributed by atoms with Crippen LogP contribution in [0.25, 0.3) is 22.1 Å². The van der Waals surface area contributed by atoms with Crippen LogP contribution in [0.3, 0.4) is 0 Å². The third-order valence-corrected chi connectivity index (χ3v) is 4.95. The zero-order valence-corrected chi connectivity index (χ0v) is 15.3. The number of hydrogen-bond acceptors (Lipinski definition) is 7. The maximum Gasteiger partial charge on any atom is 0.339 e. The number of rotatable bonds is 5. The molecule has 1 aromatic carbocycles. The molecule has 0 amide bonds. The van der Waals surface area contributed by atoms with E-state index in [2.05, 4.69) is 15.3 Å². The predicted molar refractivity (Wildman–Crippen MR) is 104 cm³/mol. The van der Waals surface area contributed by atoms with E-state index in [1.807, 2.05) is 30.3 Å². The molecule has 0 spiro atoms. The lowest BCUT2D eigenvalue weighted by atomic mass is 10.1. The highest BCUT2D eigenvalue weighted by atomic mass is 16.5. The fraction of sp³-hybridized carbons (Fsp3) is 0.238. The number of carbonyl (C=O) groups excluding carboxylic acids is 1. The van der Waals surface area contributed by atoms with E-state index in [-0.39, 0.29) is 5.97 Å². The van der Waals surface area contributed by atoms with Gasteiger partial charge < -0.3 is 14.5 Å². The third kappa shape index (κ3) is 2.85. The van der Waals surface area contributed by atoms with Gasteiger partial charge in [0.2, 0.25) is 0 Å². The molecule has 1 aliphatic carbocycles. The summed E-state index contributed by atoms with van der Waals surface area (Å²) in [6.45, 7) is 0.463. The molecule has 3 aromatic heterocycles. The molecule has 140 valence electrons. The van der Waals surface area contributed by atoms with Crippen LogP contribution in [-0.4, -0.2) is 28.0 Å². The number of ether oxygens (including phenoxy) is 1. The second-order valence-corrected chi connectivity index (χ2v) is 6.85. The molecule has 4 aromatic rings. The standard InChI is InChI=1S/C21H18N4O3/c1-27-21(26)15-9-8-13(25-17(15)12-6-7-12)10-22-20-19-18(23-11-24-20)14-4-2-3-5-16(14)28-19/h2-5,8-9,11-12H,6-7,10H2,1H3,(H,22,23,24). The van der Waals surface area contributed by atoms with Gasteiger partial charge in [-0.05, 0) is 37.1 Å².